The Labute approximate surface area is 92.1 Å². The number of carboxylic acids is 1. The summed E-state index contributed by atoms with van der Waals surface area (Å²) in [6, 6.07) is 0. The largest absolute Gasteiger partial charge is 0.479 e. The van der Waals surface area contributed by atoms with Gasteiger partial charge in [-0.15, -0.1) is 0 Å². The van der Waals surface area contributed by atoms with Crippen LogP contribution in [0.4, 0.5) is 0 Å². The van der Waals surface area contributed by atoms with E-state index >= 15 is 0 Å². The Morgan fingerprint density at radius 2 is 2.25 bits per heavy atom. The van der Waals surface area contributed by atoms with Gasteiger partial charge in [0.25, 0.3) is 0 Å². The van der Waals surface area contributed by atoms with Crippen molar-refractivity contribution < 1.29 is 19.5 Å². The molecule has 0 aromatic carbocycles. The van der Waals surface area contributed by atoms with Gasteiger partial charge in [-0.05, 0) is 25.7 Å². The van der Waals surface area contributed by atoms with Gasteiger partial charge in [0.05, 0.1) is 11.3 Å². The molecule has 1 heterocycles. The molecule has 1 fully saturated rings. The molecule has 1 saturated carbocycles. The lowest BCUT2D eigenvalue weighted by molar-refractivity contribution is -0.161. The predicted octanol–water partition coefficient (Wildman–Crippen LogP) is 1.16. The fourth-order valence-corrected chi connectivity index (χ4v) is 2.43. The van der Waals surface area contributed by atoms with Crippen molar-refractivity contribution in [1.82, 2.24) is 5.16 Å². The first-order valence-corrected chi connectivity index (χ1v) is 5.57. The monoisotopic (exact) mass is 223 g/mol. The van der Waals surface area contributed by atoms with Gasteiger partial charge in [-0.3, -0.25) is 0 Å². The van der Waals surface area contributed by atoms with Crippen LogP contribution in [0, 0.1) is 0 Å². The van der Waals surface area contributed by atoms with Crippen molar-refractivity contribution in [3.63, 3.8) is 0 Å². The van der Waals surface area contributed by atoms with Gasteiger partial charge in [-0.1, -0.05) is 5.16 Å². The van der Waals surface area contributed by atoms with Crippen LogP contribution < -0.4 is 0 Å². The summed E-state index contributed by atoms with van der Waals surface area (Å²) in [5, 5.41) is 23.4. The third-order valence-electron chi connectivity index (χ3n) is 3.46. The minimum absolute atomic E-state index is 0.246. The molecule has 1 atom stereocenters. The minimum Gasteiger partial charge on any atom is -0.479 e. The Morgan fingerprint density at radius 3 is 2.88 bits per heavy atom. The second kappa shape index (κ2) is 3.07. The predicted molar refractivity (Wildman–Crippen MR) is 52.9 cm³/mol. The number of hydrogen-bond donors (Lipinski definition) is 2. The summed E-state index contributed by atoms with van der Waals surface area (Å²) >= 11 is 0. The summed E-state index contributed by atoms with van der Waals surface area (Å²) < 4.78 is 5.16. The fraction of sp³-hybridized carbons (Fsp3) is 0.636. The summed E-state index contributed by atoms with van der Waals surface area (Å²) in [5.74, 6) is -0.354. The van der Waals surface area contributed by atoms with Gasteiger partial charge in [0, 0.05) is 12.3 Å². The first-order valence-electron chi connectivity index (χ1n) is 5.57. The number of aliphatic hydroxyl groups is 1. The van der Waals surface area contributed by atoms with Crippen LogP contribution in [0.1, 0.15) is 48.6 Å². The van der Waals surface area contributed by atoms with Gasteiger partial charge in [0.15, 0.2) is 5.60 Å². The molecule has 1 aromatic rings. The third kappa shape index (κ3) is 1.21. The van der Waals surface area contributed by atoms with Crippen LogP contribution in [0.15, 0.2) is 4.52 Å². The van der Waals surface area contributed by atoms with Crippen LogP contribution in [-0.2, 0) is 16.8 Å². The zero-order valence-electron chi connectivity index (χ0n) is 8.77. The van der Waals surface area contributed by atoms with Crippen LogP contribution in [0.2, 0.25) is 0 Å². The molecule has 1 unspecified atom stereocenters. The Hall–Kier alpha value is -1.36. The van der Waals surface area contributed by atoms with E-state index in [1.807, 2.05) is 0 Å². The molecule has 0 amide bonds. The molecule has 5 nitrogen and oxygen atoms in total. The number of rotatable bonds is 2. The van der Waals surface area contributed by atoms with E-state index in [0.29, 0.717) is 29.9 Å². The van der Waals surface area contributed by atoms with Crippen LogP contribution in [0.25, 0.3) is 0 Å². The minimum atomic E-state index is -1.79. The fourth-order valence-electron chi connectivity index (χ4n) is 2.43. The van der Waals surface area contributed by atoms with Gasteiger partial charge in [-0.2, -0.15) is 0 Å². The van der Waals surface area contributed by atoms with Crippen molar-refractivity contribution in [2.75, 3.05) is 0 Å². The van der Waals surface area contributed by atoms with Gasteiger partial charge in [0.1, 0.15) is 5.76 Å². The van der Waals surface area contributed by atoms with Crippen LogP contribution in [-0.4, -0.2) is 21.3 Å². The molecule has 16 heavy (non-hydrogen) atoms. The molecular formula is C11H13NO4. The molecule has 0 bridgehead atoms. The average molecular weight is 223 g/mol. The highest BCUT2D eigenvalue weighted by Crippen LogP contribution is 2.47. The average Bonchev–Trinajstić information content (AvgIpc) is 2.99. The highest BCUT2D eigenvalue weighted by Gasteiger charge is 2.48. The van der Waals surface area contributed by atoms with E-state index in [1.54, 1.807) is 0 Å². The maximum absolute atomic E-state index is 11.2. The molecular weight excluding hydrogens is 210 g/mol. The van der Waals surface area contributed by atoms with Crippen LogP contribution >= 0.6 is 0 Å². The number of hydrogen-bond acceptors (Lipinski definition) is 4. The third-order valence-corrected chi connectivity index (χ3v) is 3.46. The summed E-state index contributed by atoms with van der Waals surface area (Å²) in [5.41, 5.74) is -0.681. The van der Waals surface area contributed by atoms with Gasteiger partial charge in [0.2, 0.25) is 0 Å². The number of carboxylic acid groups (broad SMARTS) is 1. The Kier molecular flexibility index (Phi) is 1.89. The summed E-state index contributed by atoms with van der Waals surface area (Å²) in [7, 11) is 0. The molecule has 0 aliphatic heterocycles. The summed E-state index contributed by atoms with van der Waals surface area (Å²) in [4.78, 5) is 11.2. The van der Waals surface area contributed by atoms with E-state index in [9.17, 15) is 9.90 Å². The van der Waals surface area contributed by atoms with E-state index in [4.69, 9.17) is 9.63 Å². The van der Waals surface area contributed by atoms with Gasteiger partial charge < -0.3 is 14.7 Å². The molecule has 1 aromatic heterocycles. The highest BCUT2D eigenvalue weighted by atomic mass is 16.5. The molecule has 2 aliphatic carbocycles. The van der Waals surface area contributed by atoms with Crippen LogP contribution in [0.5, 0.6) is 0 Å². The van der Waals surface area contributed by atoms with Crippen molar-refractivity contribution in [1.29, 1.82) is 0 Å². The van der Waals surface area contributed by atoms with Gasteiger partial charge >= 0.3 is 5.97 Å². The maximum atomic E-state index is 11.2. The number of fused-ring (bicyclic) bond motifs is 1. The standard InChI is InChI=1S/C11H13NO4/c13-10(14)11(15)5-1-2-7-8(11)9(12-16-7)6-3-4-6/h6,15H,1-5H2,(H,13,14). The zero-order chi connectivity index (χ0) is 11.3. The topological polar surface area (TPSA) is 83.6 Å². The number of aliphatic carboxylic acids is 1. The van der Waals surface area contributed by atoms with E-state index in [0.717, 1.165) is 12.8 Å². The summed E-state index contributed by atoms with van der Waals surface area (Å²) in [6.45, 7) is 0. The molecule has 0 radical (unpaired) electrons. The quantitative estimate of drug-likeness (QED) is 0.786. The molecule has 2 N–H and O–H groups in total. The maximum Gasteiger partial charge on any atom is 0.340 e. The second-order valence-corrected chi connectivity index (χ2v) is 4.66. The first-order chi connectivity index (χ1) is 7.63. The first kappa shape index (κ1) is 9.84. The van der Waals surface area contributed by atoms with Gasteiger partial charge in [-0.25, -0.2) is 4.79 Å². The van der Waals surface area contributed by atoms with Crippen molar-refractivity contribution in [2.24, 2.45) is 0 Å². The molecule has 86 valence electrons. The normalized spacial score (nSPS) is 28.8. The second-order valence-electron chi connectivity index (χ2n) is 4.66. The van der Waals surface area contributed by atoms with Crippen LogP contribution in [0.3, 0.4) is 0 Å². The van der Waals surface area contributed by atoms with E-state index in [2.05, 4.69) is 5.16 Å². The molecule has 0 spiro atoms. The molecule has 0 saturated heterocycles. The number of aryl methyl sites for hydroxylation is 1. The lowest BCUT2D eigenvalue weighted by Gasteiger charge is -2.27. The molecule has 3 rings (SSSR count). The SMILES string of the molecule is O=C(O)C1(O)CCCc2onc(C3CC3)c21. The lowest BCUT2D eigenvalue weighted by Crippen LogP contribution is -2.39. The van der Waals surface area contributed by atoms with Crippen molar-refractivity contribution in [3.8, 4) is 0 Å². The van der Waals surface area contributed by atoms with Crippen molar-refractivity contribution in [3.05, 3.63) is 17.0 Å². The van der Waals surface area contributed by atoms with Crippen molar-refractivity contribution in [2.45, 2.75) is 43.6 Å². The molecule has 2 aliphatic rings. The Bertz CT molecular complexity index is 449. The van der Waals surface area contributed by atoms with E-state index in [-0.39, 0.29) is 12.3 Å². The number of carbonyl (C=O) groups is 1. The van der Waals surface area contributed by atoms with Crippen molar-refractivity contribution >= 4 is 5.97 Å². The number of aromatic nitrogens is 1. The van der Waals surface area contributed by atoms with E-state index < -0.39 is 11.6 Å². The molecule has 5 heteroatoms. The number of nitrogens with zero attached hydrogens (tertiary/aromatic N) is 1. The highest BCUT2D eigenvalue weighted by molar-refractivity contribution is 5.80. The summed E-state index contributed by atoms with van der Waals surface area (Å²) in [6.07, 6.45) is 3.55. The Morgan fingerprint density at radius 1 is 1.50 bits per heavy atom. The lowest BCUT2D eigenvalue weighted by atomic mass is 9.81. The zero-order valence-corrected chi connectivity index (χ0v) is 8.77. The Balaban J connectivity index is 2.14. The van der Waals surface area contributed by atoms with E-state index in [1.165, 1.54) is 0 Å². The smallest absolute Gasteiger partial charge is 0.340 e.